The van der Waals surface area contributed by atoms with E-state index < -0.39 is 5.60 Å². The smallest absolute Gasteiger partial charge is 0.263 e. The Balaban J connectivity index is 1.73. The van der Waals surface area contributed by atoms with Gasteiger partial charge in [0.15, 0.2) is 5.60 Å². The number of likely N-dealkylation sites (tertiary alicyclic amines) is 1. The molecule has 1 aromatic carbocycles. The first-order chi connectivity index (χ1) is 11.9. The number of hydrogen-bond acceptors (Lipinski definition) is 3. The summed E-state index contributed by atoms with van der Waals surface area (Å²) in [6, 6.07) is 7.78. The molecule has 1 atom stereocenters. The molecule has 1 fully saturated rings. The van der Waals surface area contributed by atoms with Crippen molar-refractivity contribution in [2.24, 2.45) is 0 Å². The highest BCUT2D eigenvalue weighted by molar-refractivity contribution is 6.30. The molecule has 1 aromatic rings. The normalized spacial score (nSPS) is 18.8. The van der Waals surface area contributed by atoms with Crippen LogP contribution >= 0.6 is 11.6 Å². The van der Waals surface area contributed by atoms with Gasteiger partial charge in [0, 0.05) is 24.2 Å². The zero-order chi connectivity index (χ0) is 18.3. The standard InChI is InChI=1S/C20H31ClN2O2/c1-4-17-8-5-6-14-23(17)15-7-13-22-19(24)20(2,3)25-18-11-9-16(21)10-12-18/h9-12,17H,4-8,13-15H2,1-3H3,(H,22,24)/t17-/m0/s1. The van der Waals surface area contributed by atoms with Crippen molar-refractivity contribution in [3.05, 3.63) is 29.3 Å². The number of benzene rings is 1. The minimum Gasteiger partial charge on any atom is -0.478 e. The molecule has 25 heavy (non-hydrogen) atoms. The second-order valence-corrected chi connectivity index (χ2v) is 7.71. The molecule has 1 aliphatic heterocycles. The second-order valence-electron chi connectivity index (χ2n) is 7.27. The van der Waals surface area contributed by atoms with Crippen LogP contribution < -0.4 is 10.1 Å². The van der Waals surface area contributed by atoms with Gasteiger partial charge in [0.05, 0.1) is 0 Å². The third kappa shape index (κ3) is 6.19. The molecule has 140 valence electrons. The van der Waals surface area contributed by atoms with Crippen molar-refractivity contribution in [2.75, 3.05) is 19.6 Å². The van der Waals surface area contributed by atoms with Crippen LogP contribution in [0.1, 0.15) is 52.9 Å². The van der Waals surface area contributed by atoms with Crippen LogP contribution in [0.4, 0.5) is 0 Å². The van der Waals surface area contributed by atoms with Crippen LogP contribution in [0.3, 0.4) is 0 Å². The molecule has 1 aliphatic rings. The van der Waals surface area contributed by atoms with Gasteiger partial charge in [-0.25, -0.2) is 0 Å². The molecular formula is C20H31ClN2O2. The number of amides is 1. The summed E-state index contributed by atoms with van der Waals surface area (Å²) in [6.07, 6.45) is 6.14. The van der Waals surface area contributed by atoms with E-state index in [4.69, 9.17) is 16.3 Å². The van der Waals surface area contributed by atoms with Gasteiger partial charge in [-0.15, -0.1) is 0 Å². The van der Waals surface area contributed by atoms with E-state index in [9.17, 15) is 4.79 Å². The average molecular weight is 367 g/mol. The molecular weight excluding hydrogens is 336 g/mol. The Kier molecular flexibility index (Phi) is 7.57. The molecule has 1 amide bonds. The van der Waals surface area contributed by atoms with Gasteiger partial charge in [-0.3, -0.25) is 4.79 Å². The summed E-state index contributed by atoms with van der Waals surface area (Å²) in [5.41, 5.74) is -0.912. The number of piperidine rings is 1. The number of halogens is 1. The fraction of sp³-hybridized carbons (Fsp3) is 0.650. The molecule has 0 saturated carbocycles. The van der Waals surface area contributed by atoms with Crippen molar-refractivity contribution < 1.29 is 9.53 Å². The summed E-state index contributed by atoms with van der Waals surface area (Å²) in [5.74, 6) is 0.553. The van der Waals surface area contributed by atoms with E-state index in [1.54, 1.807) is 38.1 Å². The van der Waals surface area contributed by atoms with Crippen molar-refractivity contribution in [3.8, 4) is 5.75 Å². The van der Waals surface area contributed by atoms with Crippen LogP contribution in [0, 0.1) is 0 Å². The van der Waals surface area contributed by atoms with E-state index in [1.165, 1.54) is 32.2 Å². The summed E-state index contributed by atoms with van der Waals surface area (Å²) in [5, 5.41) is 3.66. The minimum absolute atomic E-state index is 0.0897. The van der Waals surface area contributed by atoms with Gasteiger partial charge in [-0.05, 0) is 70.3 Å². The molecule has 1 N–H and O–H groups in total. The van der Waals surface area contributed by atoms with Gasteiger partial charge in [0.1, 0.15) is 5.75 Å². The average Bonchev–Trinajstić information content (AvgIpc) is 2.60. The number of rotatable bonds is 8. The highest BCUT2D eigenvalue weighted by Gasteiger charge is 2.29. The predicted octanol–water partition coefficient (Wildman–Crippen LogP) is 4.27. The van der Waals surface area contributed by atoms with Gasteiger partial charge in [0.25, 0.3) is 5.91 Å². The summed E-state index contributed by atoms with van der Waals surface area (Å²) in [6.45, 7) is 8.76. The second kappa shape index (κ2) is 9.44. The molecule has 1 heterocycles. The lowest BCUT2D eigenvalue weighted by molar-refractivity contribution is -0.134. The first-order valence-corrected chi connectivity index (χ1v) is 9.77. The van der Waals surface area contributed by atoms with E-state index in [-0.39, 0.29) is 5.91 Å². The van der Waals surface area contributed by atoms with Crippen molar-refractivity contribution in [2.45, 2.75) is 64.5 Å². The molecule has 0 spiro atoms. The van der Waals surface area contributed by atoms with Gasteiger partial charge in [0.2, 0.25) is 0 Å². The highest BCUT2D eigenvalue weighted by atomic mass is 35.5. The molecule has 4 nitrogen and oxygen atoms in total. The predicted molar refractivity (Wildman–Crippen MR) is 103 cm³/mol. The summed E-state index contributed by atoms with van der Waals surface area (Å²) >= 11 is 5.88. The van der Waals surface area contributed by atoms with E-state index in [2.05, 4.69) is 17.1 Å². The maximum Gasteiger partial charge on any atom is 0.263 e. The molecule has 0 unspecified atom stereocenters. The first-order valence-electron chi connectivity index (χ1n) is 9.39. The number of carbonyl (C=O) groups is 1. The Morgan fingerprint density at radius 3 is 2.72 bits per heavy atom. The Morgan fingerprint density at radius 1 is 1.32 bits per heavy atom. The van der Waals surface area contributed by atoms with Crippen LogP contribution in [0.5, 0.6) is 5.75 Å². The fourth-order valence-corrected chi connectivity index (χ4v) is 3.48. The number of nitrogens with zero attached hydrogens (tertiary/aromatic N) is 1. The van der Waals surface area contributed by atoms with Crippen LogP contribution in [0.2, 0.25) is 5.02 Å². The molecule has 1 saturated heterocycles. The monoisotopic (exact) mass is 366 g/mol. The molecule has 0 aromatic heterocycles. The van der Waals surface area contributed by atoms with Gasteiger partial charge in [-0.2, -0.15) is 0 Å². The summed E-state index contributed by atoms with van der Waals surface area (Å²) < 4.78 is 5.82. The Labute approximate surface area is 156 Å². The lowest BCUT2D eigenvalue weighted by Crippen LogP contribution is -2.47. The Morgan fingerprint density at radius 2 is 2.04 bits per heavy atom. The van der Waals surface area contributed by atoms with E-state index in [0.717, 1.165) is 13.0 Å². The van der Waals surface area contributed by atoms with Crippen LogP contribution in [-0.2, 0) is 4.79 Å². The first kappa shape index (κ1) is 20.1. The minimum atomic E-state index is -0.912. The maximum absolute atomic E-state index is 12.4. The topological polar surface area (TPSA) is 41.6 Å². The highest BCUT2D eigenvalue weighted by Crippen LogP contribution is 2.21. The van der Waals surface area contributed by atoms with Crippen LogP contribution in [0.25, 0.3) is 0 Å². The lowest BCUT2D eigenvalue weighted by atomic mass is 10.00. The van der Waals surface area contributed by atoms with Crippen molar-refractivity contribution in [1.29, 1.82) is 0 Å². The third-order valence-electron chi connectivity index (χ3n) is 4.86. The number of nitrogens with one attached hydrogen (secondary N) is 1. The zero-order valence-corrected chi connectivity index (χ0v) is 16.4. The largest absolute Gasteiger partial charge is 0.478 e. The Hall–Kier alpha value is -1.26. The number of carbonyl (C=O) groups excluding carboxylic acids is 1. The zero-order valence-electron chi connectivity index (χ0n) is 15.7. The molecule has 0 radical (unpaired) electrons. The molecule has 0 bridgehead atoms. The number of hydrogen-bond donors (Lipinski definition) is 1. The summed E-state index contributed by atoms with van der Waals surface area (Å²) in [4.78, 5) is 15.0. The summed E-state index contributed by atoms with van der Waals surface area (Å²) in [7, 11) is 0. The van der Waals surface area contributed by atoms with E-state index in [0.29, 0.717) is 23.4 Å². The Bertz CT molecular complexity index is 545. The SMILES string of the molecule is CC[C@H]1CCCCN1CCCNC(=O)C(C)(C)Oc1ccc(Cl)cc1. The van der Waals surface area contributed by atoms with Crippen LogP contribution in [-0.4, -0.2) is 42.1 Å². The van der Waals surface area contributed by atoms with Crippen molar-refractivity contribution in [3.63, 3.8) is 0 Å². The molecule has 2 rings (SSSR count). The fourth-order valence-electron chi connectivity index (χ4n) is 3.36. The van der Waals surface area contributed by atoms with E-state index in [1.807, 2.05) is 0 Å². The quantitative estimate of drug-likeness (QED) is 0.698. The third-order valence-corrected chi connectivity index (χ3v) is 5.11. The molecule has 5 heteroatoms. The maximum atomic E-state index is 12.4. The lowest BCUT2D eigenvalue weighted by Gasteiger charge is -2.35. The number of ether oxygens (including phenoxy) is 1. The van der Waals surface area contributed by atoms with Crippen LogP contribution in [0.15, 0.2) is 24.3 Å². The van der Waals surface area contributed by atoms with Crippen molar-refractivity contribution >= 4 is 17.5 Å². The van der Waals surface area contributed by atoms with E-state index >= 15 is 0 Å². The van der Waals surface area contributed by atoms with Gasteiger partial charge < -0.3 is 15.0 Å². The molecule has 0 aliphatic carbocycles. The van der Waals surface area contributed by atoms with Crippen molar-refractivity contribution in [1.82, 2.24) is 10.2 Å². The van der Waals surface area contributed by atoms with Gasteiger partial charge >= 0.3 is 0 Å². The van der Waals surface area contributed by atoms with Gasteiger partial charge in [-0.1, -0.05) is 24.9 Å².